The molecule has 0 saturated heterocycles. The van der Waals surface area contributed by atoms with Crippen LogP contribution >= 0.6 is 0 Å². The standard InChI is InChI=1S/C22H15FN6O2/c23-17-7-5-16(6-8-17)20-21(30)27-10-2-1-3-19(27)28(22(20)31)12-15-4-9-18(25-11-15)29-14-24-13-26-29/h1-11,13-14H,12H2/p+1. The van der Waals surface area contributed by atoms with E-state index in [9.17, 15) is 14.3 Å². The molecule has 0 aliphatic heterocycles. The van der Waals surface area contributed by atoms with Gasteiger partial charge < -0.3 is 5.11 Å². The fraction of sp³-hybridized carbons (Fsp3) is 0.0455. The van der Waals surface area contributed by atoms with Crippen LogP contribution in [0.4, 0.5) is 4.39 Å². The first-order chi connectivity index (χ1) is 15.1. The number of benzene rings is 1. The molecule has 0 fully saturated rings. The molecule has 152 valence electrons. The van der Waals surface area contributed by atoms with Gasteiger partial charge in [-0.25, -0.2) is 23.8 Å². The molecular formula is C22H16FN6O2+. The lowest BCUT2D eigenvalue weighted by Crippen LogP contribution is -2.41. The van der Waals surface area contributed by atoms with E-state index in [-0.39, 0.29) is 18.0 Å². The second kappa shape index (κ2) is 7.45. The monoisotopic (exact) mass is 415 g/mol. The summed E-state index contributed by atoms with van der Waals surface area (Å²) in [5.41, 5.74) is 1.44. The van der Waals surface area contributed by atoms with Crippen molar-refractivity contribution in [3.63, 3.8) is 0 Å². The maximum atomic E-state index is 13.4. The summed E-state index contributed by atoms with van der Waals surface area (Å²) in [4.78, 5) is 21.4. The zero-order valence-corrected chi connectivity index (χ0v) is 16.1. The molecule has 4 heterocycles. The Kier molecular flexibility index (Phi) is 4.47. The van der Waals surface area contributed by atoms with Crippen LogP contribution < -0.4 is 10.1 Å². The van der Waals surface area contributed by atoms with E-state index in [4.69, 9.17) is 0 Å². The molecular weight excluding hydrogens is 399 g/mol. The fourth-order valence-electron chi connectivity index (χ4n) is 3.47. The first-order valence-corrected chi connectivity index (χ1v) is 9.44. The molecule has 1 N–H and O–H groups in total. The minimum Gasteiger partial charge on any atom is -0.477 e. The summed E-state index contributed by atoms with van der Waals surface area (Å²) in [7, 11) is 0. The van der Waals surface area contributed by atoms with E-state index in [0.717, 1.165) is 5.56 Å². The zero-order valence-electron chi connectivity index (χ0n) is 16.1. The Balaban J connectivity index is 1.64. The summed E-state index contributed by atoms with van der Waals surface area (Å²) in [5, 5.41) is 15.1. The molecule has 8 nitrogen and oxygen atoms in total. The van der Waals surface area contributed by atoms with Crippen LogP contribution in [-0.2, 0) is 6.54 Å². The van der Waals surface area contributed by atoms with E-state index < -0.39 is 11.4 Å². The van der Waals surface area contributed by atoms with E-state index in [1.807, 2.05) is 6.07 Å². The number of fused-ring (bicyclic) bond motifs is 1. The lowest BCUT2D eigenvalue weighted by Gasteiger charge is -2.10. The van der Waals surface area contributed by atoms with Crippen LogP contribution in [0, 0.1) is 5.82 Å². The highest BCUT2D eigenvalue weighted by Crippen LogP contribution is 2.24. The Bertz CT molecular complexity index is 1430. The van der Waals surface area contributed by atoms with Gasteiger partial charge in [-0.1, -0.05) is 18.2 Å². The predicted octanol–water partition coefficient (Wildman–Crippen LogP) is 2.12. The average Bonchev–Trinajstić information content (AvgIpc) is 3.33. The van der Waals surface area contributed by atoms with Crippen LogP contribution in [0.15, 0.2) is 84.4 Å². The first-order valence-electron chi connectivity index (χ1n) is 9.44. The van der Waals surface area contributed by atoms with Crippen LogP contribution in [0.5, 0.6) is 5.88 Å². The topological polar surface area (TPSA) is 89.2 Å². The lowest BCUT2D eigenvalue weighted by atomic mass is 10.1. The van der Waals surface area contributed by atoms with Crippen LogP contribution in [0.2, 0.25) is 0 Å². The van der Waals surface area contributed by atoms with E-state index in [1.54, 1.807) is 52.2 Å². The second-order valence-corrected chi connectivity index (χ2v) is 6.89. The van der Waals surface area contributed by atoms with Crippen molar-refractivity contribution in [3.8, 4) is 22.8 Å². The Labute approximate surface area is 175 Å². The Morgan fingerprint density at radius 2 is 1.90 bits per heavy atom. The molecule has 9 heteroatoms. The summed E-state index contributed by atoms with van der Waals surface area (Å²) >= 11 is 0. The number of nitrogens with zero attached hydrogens (tertiary/aromatic N) is 6. The van der Waals surface area contributed by atoms with E-state index in [1.165, 1.54) is 35.0 Å². The third kappa shape index (κ3) is 3.31. The van der Waals surface area contributed by atoms with E-state index >= 15 is 0 Å². The molecule has 31 heavy (non-hydrogen) atoms. The van der Waals surface area contributed by atoms with Gasteiger partial charge in [-0.3, -0.25) is 0 Å². The predicted molar refractivity (Wildman–Crippen MR) is 109 cm³/mol. The number of hydrogen-bond donors (Lipinski definition) is 1. The molecule has 0 bridgehead atoms. The highest BCUT2D eigenvalue weighted by atomic mass is 19.1. The van der Waals surface area contributed by atoms with Crippen molar-refractivity contribution in [2.45, 2.75) is 6.54 Å². The number of halogens is 1. The van der Waals surface area contributed by atoms with Gasteiger partial charge >= 0.3 is 5.56 Å². The number of rotatable bonds is 4. The molecule has 5 aromatic rings. The Morgan fingerprint density at radius 3 is 2.61 bits per heavy atom. The van der Waals surface area contributed by atoms with E-state index in [2.05, 4.69) is 15.1 Å². The number of aromatic hydroxyl groups is 1. The molecule has 0 unspecified atom stereocenters. The molecule has 1 aromatic carbocycles. The molecule has 5 rings (SSSR count). The molecule has 0 saturated carbocycles. The largest absolute Gasteiger partial charge is 0.477 e. The Hall–Kier alpha value is -4.40. The summed E-state index contributed by atoms with van der Waals surface area (Å²) in [6.45, 7) is 0.262. The first kappa shape index (κ1) is 18.6. The summed E-state index contributed by atoms with van der Waals surface area (Å²) in [6.07, 6.45) is 6.28. The molecule has 0 atom stereocenters. The van der Waals surface area contributed by atoms with Crippen LogP contribution in [0.25, 0.3) is 22.6 Å². The van der Waals surface area contributed by atoms with Crippen molar-refractivity contribution in [2.24, 2.45) is 0 Å². The maximum absolute atomic E-state index is 13.4. The van der Waals surface area contributed by atoms with Gasteiger partial charge in [0, 0.05) is 17.8 Å². The number of hydrogen-bond acceptors (Lipinski definition) is 5. The highest BCUT2D eigenvalue weighted by Gasteiger charge is 2.25. The quantitative estimate of drug-likeness (QED) is 0.454. The molecule has 0 aliphatic rings. The third-order valence-electron chi connectivity index (χ3n) is 4.96. The summed E-state index contributed by atoms with van der Waals surface area (Å²) in [6, 6.07) is 14.4. The fourth-order valence-corrected chi connectivity index (χ4v) is 3.47. The Morgan fingerprint density at radius 1 is 1.06 bits per heavy atom. The van der Waals surface area contributed by atoms with Crippen LogP contribution in [0.3, 0.4) is 0 Å². The van der Waals surface area contributed by atoms with Crippen LogP contribution in [0.1, 0.15) is 5.56 Å². The van der Waals surface area contributed by atoms with Gasteiger partial charge in [0.05, 0.1) is 6.20 Å². The lowest BCUT2D eigenvalue weighted by molar-refractivity contribution is -0.671. The molecule has 0 spiro atoms. The van der Waals surface area contributed by atoms with Crippen molar-refractivity contribution in [2.75, 3.05) is 0 Å². The van der Waals surface area contributed by atoms with Gasteiger partial charge in [-0.05, 0) is 35.9 Å². The molecule has 4 aromatic heterocycles. The molecule has 0 aliphatic carbocycles. The molecule has 0 amide bonds. The van der Waals surface area contributed by atoms with Crippen LogP contribution in [-0.4, -0.2) is 29.3 Å². The maximum Gasteiger partial charge on any atom is 0.354 e. The number of pyridine rings is 2. The van der Waals surface area contributed by atoms with Gasteiger partial charge in [0.2, 0.25) is 0 Å². The third-order valence-corrected chi connectivity index (χ3v) is 4.96. The van der Waals surface area contributed by atoms with E-state index in [0.29, 0.717) is 17.0 Å². The van der Waals surface area contributed by atoms with Crippen molar-refractivity contribution in [1.82, 2.24) is 24.1 Å². The average molecular weight is 415 g/mol. The van der Waals surface area contributed by atoms with Crippen molar-refractivity contribution in [1.29, 1.82) is 0 Å². The smallest absolute Gasteiger partial charge is 0.354 e. The minimum absolute atomic E-state index is 0.0934. The SMILES string of the molecule is O=c1c(-c2ccc(F)cc2)c(O)[n+](Cc2ccc(-n3cncn3)nc2)c2ccccn12. The second-order valence-electron chi connectivity index (χ2n) is 6.89. The van der Waals surface area contributed by atoms with Gasteiger partial charge in [0.25, 0.3) is 11.5 Å². The summed E-state index contributed by atoms with van der Waals surface area (Å²) < 4.78 is 18.0. The number of aromatic nitrogens is 6. The van der Waals surface area contributed by atoms with Gasteiger partial charge in [-0.2, -0.15) is 14.1 Å². The molecule has 0 radical (unpaired) electrons. The minimum atomic E-state index is -0.421. The van der Waals surface area contributed by atoms with Gasteiger partial charge in [0.15, 0.2) is 11.4 Å². The van der Waals surface area contributed by atoms with Crippen molar-refractivity contribution in [3.05, 3.63) is 101 Å². The van der Waals surface area contributed by atoms with Gasteiger partial charge in [0.1, 0.15) is 25.0 Å². The van der Waals surface area contributed by atoms with Crippen molar-refractivity contribution < 1.29 is 14.1 Å². The zero-order chi connectivity index (χ0) is 21.4. The van der Waals surface area contributed by atoms with Gasteiger partial charge in [-0.15, -0.1) is 0 Å². The normalized spacial score (nSPS) is 11.1. The van der Waals surface area contributed by atoms with Crippen molar-refractivity contribution >= 4 is 5.65 Å². The summed E-state index contributed by atoms with van der Waals surface area (Å²) in [5.74, 6) is -0.0182. The highest BCUT2D eigenvalue weighted by molar-refractivity contribution is 5.67.